The van der Waals surface area contributed by atoms with E-state index in [0.29, 0.717) is 21.9 Å². The Balaban J connectivity index is 1.48. The van der Waals surface area contributed by atoms with Crippen LogP contribution in [0.2, 0.25) is 0 Å². The lowest BCUT2D eigenvalue weighted by Gasteiger charge is -2.10. The van der Waals surface area contributed by atoms with E-state index in [2.05, 4.69) is 26.7 Å². The molecule has 0 saturated carbocycles. The molecule has 0 aliphatic heterocycles. The topological polar surface area (TPSA) is 96.1 Å². The van der Waals surface area contributed by atoms with Gasteiger partial charge in [-0.05, 0) is 48.0 Å². The highest BCUT2D eigenvalue weighted by Crippen LogP contribution is 2.35. The first-order chi connectivity index (χ1) is 16.1. The lowest BCUT2D eigenvalue weighted by molar-refractivity contribution is 0.0958. The molecular formula is C25H20N4O3S. The molecule has 3 N–H and O–H groups in total. The Morgan fingerprint density at radius 3 is 2.76 bits per heavy atom. The van der Waals surface area contributed by atoms with Crippen molar-refractivity contribution in [3.8, 4) is 16.9 Å². The molecule has 0 fully saturated rings. The second-order valence-electron chi connectivity index (χ2n) is 7.42. The average Bonchev–Trinajstić information content (AvgIpc) is 3.49. The van der Waals surface area contributed by atoms with E-state index in [9.17, 15) is 9.59 Å². The van der Waals surface area contributed by atoms with Crippen LogP contribution in [0.5, 0.6) is 5.75 Å². The molecule has 5 aromatic rings. The van der Waals surface area contributed by atoms with Crippen LogP contribution < -0.4 is 15.4 Å². The first-order valence-electron chi connectivity index (χ1n) is 10.2. The normalized spacial score (nSPS) is 11.0. The molecule has 3 aromatic heterocycles. The fourth-order valence-electron chi connectivity index (χ4n) is 3.80. The number of pyridine rings is 1. The van der Waals surface area contributed by atoms with E-state index in [1.807, 2.05) is 42.7 Å². The molecule has 0 radical (unpaired) electrons. The summed E-state index contributed by atoms with van der Waals surface area (Å²) in [4.78, 5) is 33.3. The monoisotopic (exact) mass is 456 g/mol. The largest absolute Gasteiger partial charge is 0.496 e. The number of fused-ring (bicyclic) bond motifs is 2. The van der Waals surface area contributed by atoms with Gasteiger partial charge in [0.2, 0.25) is 0 Å². The van der Waals surface area contributed by atoms with Crippen molar-refractivity contribution in [3.63, 3.8) is 0 Å². The maximum atomic E-state index is 13.0. The van der Waals surface area contributed by atoms with Gasteiger partial charge in [0.1, 0.15) is 11.4 Å². The minimum atomic E-state index is -0.289. The molecule has 7 nitrogen and oxygen atoms in total. The highest BCUT2D eigenvalue weighted by atomic mass is 32.1. The van der Waals surface area contributed by atoms with Crippen molar-refractivity contribution in [2.75, 3.05) is 19.5 Å². The number of methoxy groups -OCH3 is 1. The molecule has 0 unspecified atom stereocenters. The SMILES string of the molecule is CNC(=O)c1cc(NC(=O)c2cc3c(-c4cnc5[nH]ccc5c4)cccc3s2)ccc1OC. The maximum Gasteiger partial charge on any atom is 0.265 e. The van der Waals surface area contributed by atoms with Gasteiger partial charge in [-0.2, -0.15) is 0 Å². The number of aromatic nitrogens is 2. The van der Waals surface area contributed by atoms with Gasteiger partial charge in [-0.3, -0.25) is 9.59 Å². The Bertz CT molecular complexity index is 1520. The summed E-state index contributed by atoms with van der Waals surface area (Å²) in [5.41, 5.74) is 3.71. The zero-order valence-electron chi connectivity index (χ0n) is 17.9. The van der Waals surface area contributed by atoms with Crippen LogP contribution in [0.1, 0.15) is 20.0 Å². The zero-order valence-corrected chi connectivity index (χ0v) is 18.7. The third-order valence-electron chi connectivity index (χ3n) is 5.43. The summed E-state index contributed by atoms with van der Waals surface area (Å²) in [6, 6.07) is 17.0. The number of aromatic amines is 1. The fraction of sp³-hybridized carbons (Fsp3) is 0.0800. The zero-order chi connectivity index (χ0) is 22.9. The number of hydrogen-bond donors (Lipinski definition) is 3. The minimum Gasteiger partial charge on any atom is -0.496 e. The van der Waals surface area contributed by atoms with Gasteiger partial charge in [0, 0.05) is 46.2 Å². The molecule has 8 heteroatoms. The van der Waals surface area contributed by atoms with Crippen LogP contribution in [-0.2, 0) is 0 Å². The van der Waals surface area contributed by atoms with E-state index >= 15 is 0 Å². The standard InChI is InChI=1S/C25H20N4O3S/c1-26-24(30)19-11-16(6-7-20(19)32-2)29-25(31)22-12-18-17(4-3-5-21(18)33-22)15-10-14-8-9-27-23(14)28-13-15/h3-13H,1-2H3,(H,26,30)(H,27,28)(H,29,31). The number of carbonyl (C=O) groups excluding carboxylic acids is 2. The van der Waals surface area contributed by atoms with Crippen LogP contribution in [0, 0.1) is 0 Å². The lowest BCUT2D eigenvalue weighted by atomic mass is 10.0. The molecule has 0 saturated heterocycles. The molecule has 3 heterocycles. The van der Waals surface area contributed by atoms with E-state index in [0.717, 1.165) is 32.2 Å². The first kappa shape index (κ1) is 20.7. The van der Waals surface area contributed by atoms with Crippen molar-refractivity contribution in [3.05, 3.63) is 77.4 Å². The van der Waals surface area contributed by atoms with Crippen molar-refractivity contribution in [1.29, 1.82) is 0 Å². The van der Waals surface area contributed by atoms with Gasteiger partial charge in [0.25, 0.3) is 11.8 Å². The summed E-state index contributed by atoms with van der Waals surface area (Å²) in [5, 5.41) is 7.49. The molecule has 164 valence electrons. The number of thiophene rings is 1. The van der Waals surface area contributed by atoms with Crippen LogP contribution in [0.25, 0.3) is 32.2 Å². The van der Waals surface area contributed by atoms with Crippen molar-refractivity contribution < 1.29 is 14.3 Å². The molecule has 0 bridgehead atoms. The number of rotatable bonds is 5. The van der Waals surface area contributed by atoms with Gasteiger partial charge in [0.15, 0.2) is 0 Å². The number of ether oxygens (including phenoxy) is 1. The van der Waals surface area contributed by atoms with Crippen LogP contribution >= 0.6 is 11.3 Å². The molecule has 2 amide bonds. The minimum absolute atomic E-state index is 0.241. The summed E-state index contributed by atoms with van der Waals surface area (Å²) in [7, 11) is 3.04. The van der Waals surface area contributed by atoms with Crippen LogP contribution in [-0.4, -0.2) is 35.9 Å². The Labute approximate surface area is 193 Å². The number of amides is 2. The fourth-order valence-corrected chi connectivity index (χ4v) is 4.79. The maximum absolute atomic E-state index is 13.0. The van der Waals surface area contributed by atoms with Gasteiger partial charge in [-0.15, -0.1) is 11.3 Å². The van der Waals surface area contributed by atoms with Gasteiger partial charge >= 0.3 is 0 Å². The molecular weight excluding hydrogens is 436 g/mol. The molecule has 5 rings (SSSR count). The molecule has 33 heavy (non-hydrogen) atoms. The van der Waals surface area contributed by atoms with Gasteiger partial charge in [-0.1, -0.05) is 12.1 Å². The quantitative estimate of drug-likeness (QED) is 0.344. The third kappa shape index (κ3) is 3.81. The number of nitrogens with one attached hydrogen (secondary N) is 3. The average molecular weight is 457 g/mol. The smallest absolute Gasteiger partial charge is 0.265 e. The second-order valence-corrected chi connectivity index (χ2v) is 8.50. The Morgan fingerprint density at radius 2 is 1.94 bits per heavy atom. The van der Waals surface area contributed by atoms with E-state index in [-0.39, 0.29) is 11.8 Å². The van der Waals surface area contributed by atoms with Crippen molar-refractivity contribution in [2.24, 2.45) is 0 Å². The van der Waals surface area contributed by atoms with Gasteiger partial charge in [0.05, 0.1) is 17.6 Å². The number of anilines is 1. The second kappa shape index (κ2) is 8.40. The molecule has 0 atom stereocenters. The Kier molecular flexibility index (Phi) is 5.27. The van der Waals surface area contributed by atoms with Gasteiger partial charge < -0.3 is 20.4 Å². The number of carbonyl (C=O) groups is 2. The van der Waals surface area contributed by atoms with Crippen molar-refractivity contribution >= 4 is 50.0 Å². The summed E-state index contributed by atoms with van der Waals surface area (Å²) < 4.78 is 6.26. The summed E-state index contributed by atoms with van der Waals surface area (Å²) >= 11 is 1.42. The summed E-state index contributed by atoms with van der Waals surface area (Å²) in [6.45, 7) is 0. The number of hydrogen-bond acceptors (Lipinski definition) is 5. The van der Waals surface area contributed by atoms with Crippen LogP contribution in [0.15, 0.2) is 67.0 Å². The molecule has 0 aliphatic carbocycles. The first-order valence-corrected chi connectivity index (χ1v) is 11.1. The Morgan fingerprint density at radius 1 is 1.06 bits per heavy atom. The lowest BCUT2D eigenvalue weighted by Crippen LogP contribution is -2.19. The highest BCUT2D eigenvalue weighted by molar-refractivity contribution is 7.21. The Hall–Kier alpha value is -4.17. The predicted molar refractivity (Wildman–Crippen MR) is 131 cm³/mol. The molecule has 0 aliphatic rings. The predicted octanol–water partition coefficient (Wildman–Crippen LogP) is 5.07. The van der Waals surface area contributed by atoms with E-state index in [1.165, 1.54) is 18.4 Å². The number of H-pyrrole nitrogens is 1. The van der Waals surface area contributed by atoms with Crippen LogP contribution in [0.3, 0.4) is 0 Å². The van der Waals surface area contributed by atoms with Crippen molar-refractivity contribution in [2.45, 2.75) is 0 Å². The summed E-state index contributed by atoms with van der Waals surface area (Å²) in [5.74, 6) is -0.0938. The number of nitrogens with zero attached hydrogens (tertiary/aromatic N) is 1. The summed E-state index contributed by atoms with van der Waals surface area (Å²) in [6.07, 6.45) is 3.70. The molecule has 2 aromatic carbocycles. The number of benzene rings is 2. The third-order valence-corrected chi connectivity index (χ3v) is 6.52. The van der Waals surface area contributed by atoms with E-state index < -0.39 is 0 Å². The van der Waals surface area contributed by atoms with E-state index in [1.54, 1.807) is 25.2 Å². The van der Waals surface area contributed by atoms with Gasteiger partial charge in [-0.25, -0.2) is 4.98 Å². The highest BCUT2D eigenvalue weighted by Gasteiger charge is 2.16. The molecule has 0 spiro atoms. The van der Waals surface area contributed by atoms with Crippen LogP contribution in [0.4, 0.5) is 5.69 Å². The van der Waals surface area contributed by atoms with Crippen molar-refractivity contribution in [1.82, 2.24) is 15.3 Å². The van der Waals surface area contributed by atoms with E-state index in [4.69, 9.17) is 4.74 Å².